The van der Waals surface area contributed by atoms with Crippen LogP contribution in [0, 0.1) is 0 Å². The van der Waals surface area contributed by atoms with Gasteiger partial charge in [-0.1, -0.05) is 35.5 Å². The van der Waals surface area contributed by atoms with Gasteiger partial charge in [0.05, 0.1) is 0 Å². The van der Waals surface area contributed by atoms with Crippen LogP contribution in [0.15, 0.2) is 45.6 Å². The van der Waals surface area contributed by atoms with Gasteiger partial charge in [0.1, 0.15) is 17.5 Å². The first-order chi connectivity index (χ1) is 9.27. The van der Waals surface area contributed by atoms with Crippen molar-refractivity contribution in [1.82, 2.24) is 15.5 Å². The Morgan fingerprint density at radius 3 is 2.58 bits per heavy atom. The molecule has 7 heteroatoms. The van der Waals surface area contributed by atoms with Crippen LogP contribution in [0.1, 0.15) is 10.4 Å². The van der Waals surface area contributed by atoms with Crippen LogP contribution >= 0.6 is 0 Å². The van der Waals surface area contributed by atoms with E-state index in [1.54, 1.807) is 24.3 Å². The van der Waals surface area contributed by atoms with Crippen molar-refractivity contribution in [1.29, 1.82) is 0 Å². The molecule has 0 aliphatic carbocycles. The molecule has 0 unspecified atom stereocenters. The van der Waals surface area contributed by atoms with Crippen molar-refractivity contribution in [2.75, 3.05) is 0 Å². The Labute approximate surface area is 106 Å². The Balaban J connectivity index is 2.20. The zero-order chi connectivity index (χ0) is 13.2. The van der Waals surface area contributed by atoms with E-state index in [1.807, 2.05) is 6.07 Å². The van der Waals surface area contributed by atoms with Crippen molar-refractivity contribution in [2.45, 2.75) is 0 Å². The molecule has 7 nitrogen and oxygen atoms in total. The lowest BCUT2D eigenvalue weighted by molar-refractivity contribution is 0.0697. The maximum Gasteiger partial charge on any atom is 0.342 e. The monoisotopic (exact) mass is 257 g/mol. The van der Waals surface area contributed by atoms with Crippen molar-refractivity contribution in [3.8, 4) is 22.8 Å². The molecule has 94 valence electrons. The Hall–Kier alpha value is -2.96. The Bertz CT molecular complexity index is 704. The second-order valence-corrected chi connectivity index (χ2v) is 3.69. The first-order valence-electron chi connectivity index (χ1n) is 5.33. The number of hydrogen-bond donors (Lipinski definition) is 1. The maximum atomic E-state index is 11.4. The van der Waals surface area contributed by atoms with E-state index in [4.69, 9.17) is 9.05 Å². The molecule has 3 aromatic rings. The normalized spacial score (nSPS) is 10.5. The highest BCUT2D eigenvalue weighted by Crippen LogP contribution is 2.31. The third-order valence-electron chi connectivity index (χ3n) is 2.54. The fraction of sp³-hybridized carbons (Fsp3) is 0. The first kappa shape index (κ1) is 11.1. The summed E-state index contributed by atoms with van der Waals surface area (Å²) in [6, 6.07) is 8.88. The number of aromatic carboxylic acids is 1. The second kappa shape index (κ2) is 4.37. The minimum absolute atomic E-state index is 0.00338. The zero-order valence-electron chi connectivity index (χ0n) is 9.48. The summed E-state index contributed by atoms with van der Waals surface area (Å²) < 4.78 is 9.85. The van der Waals surface area contributed by atoms with Gasteiger partial charge in [0.25, 0.3) is 0 Å². The van der Waals surface area contributed by atoms with Crippen molar-refractivity contribution < 1.29 is 18.9 Å². The van der Waals surface area contributed by atoms with E-state index in [1.165, 1.54) is 6.20 Å². The molecule has 0 atom stereocenters. The largest absolute Gasteiger partial charge is 0.477 e. The number of carboxylic acid groups (broad SMARTS) is 1. The predicted octanol–water partition coefficient (Wildman–Crippen LogP) is 2.09. The standard InChI is InChI=1S/C12H7N3O4/c16-12(17)9-10(7-4-2-1-3-5-7)14-19-11(9)8-6-13-15-18-8/h1-6H,(H,16,17). The predicted molar refractivity (Wildman–Crippen MR) is 62.2 cm³/mol. The number of hydrogen-bond acceptors (Lipinski definition) is 6. The van der Waals surface area contributed by atoms with E-state index in [0.29, 0.717) is 5.56 Å². The molecule has 2 heterocycles. The molecule has 0 bridgehead atoms. The quantitative estimate of drug-likeness (QED) is 0.766. The molecule has 1 aromatic carbocycles. The number of benzene rings is 1. The van der Waals surface area contributed by atoms with E-state index in [9.17, 15) is 9.90 Å². The fourth-order valence-electron chi connectivity index (χ4n) is 1.72. The highest BCUT2D eigenvalue weighted by Gasteiger charge is 2.26. The topological polar surface area (TPSA) is 102 Å². The summed E-state index contributed by atoms with van der Waals surface area (Å²) in [6.07, 6.45) is 1.27. The van der Waals surface area contributed by atoms with Crippen molar-refractivity contribution >= 4 is 5.97 Å². The van der Waals surface area contributed by atoms with Gasteiger partial charge in [0.2, 0.25) is 11.5 Å². The highest BCUT2D eigenvalue weighted by atomic mass is 16.5. The molecule has 19 heavy (non-hydrogen) atoms. The van der Waals surface area contributed by atoms with Crippen molar-refractivity contribution in [3.63, 3.8) is 0 Å². The lowest BCUT2D eigenvalue weighted by Crippen LogP contribution is -1.99. The molecule has 0 aliphatic heterocycles. The summed E-state index contributed by atoms with van der Waals surface area (Å²) in [7, 11) is 0. The van der Waals surface area contributed by atoms with Gasteiger partial charge >= 0.3 is 5.97 Å². The van der Waals surface area contributed by atoms with Gasteiger partial charge in [-0.05, 0) is 0 Å². The third kappa shape index (κ3) is 1.86. The van der Waals surface area contributed by atoms with Crippen LogP contribution in [-0.4, -0.2) is 26.6 Å². The summed E-state index contributed by atoms with van der Waals surface area (Å²) in [6.45, 7) is 0. The minimum atomic E-state index is -1.16. The SMILES string of the molecule is O=C(O)c1c(-c2ccccc2)noc1-c1cnno1. The van der Waals surface area contributed by atoms with E-state index < -0.39 is 5.97 Å². The van der Waals surface area contributed by atoms with Crippen LogP contribution in [-0.2, 0) is 0 Å². The molecular weight excluding hydrogens is 250 g/mol. The summed E-state index contributed by atoms with van der Waals surface area (Å²) in [5.41, 5.74) is 0.798. The van der Waals surface area contributed by atoms with Gasteiger partial charge in [0, 0.05) is 10.8 Å². The van der Waals surface area contributed by atoms with Crippen LogP contribution in [0.4, 0.5) is 0 Å². The summed E-state index contributed by atoms with van der Waals surface area (Å²) >= 11 is 0. The van der Waals surface area contributed by atoms with Gasteiger partial charge in [-0.25, -0.2) is 4.79 Å². The van der Waals surface area contributed by atoms with E-state index >= 15 is 0 Å². The number of aromatic nitrogens is 3. The minimum Gasteiger partial charge on any atom is -0.477 e. The van der Waals surface area contributed by atoms with E-state index in [2.05, 4.69) is 15.5 Å². The molecule has 3 rings (SSSR count). The van der Waals surface area contributed by atoms with Gasteiger partial charge < -0.3 is 14.2 Å². The van der Waals surface area contributed by atoms with E-state index in [0.717, 1.165) is 0 Å². The molecule has 2 aromatic heterocycles. The summed E-state index contributed by atoms with van der Waals surface area (Å²) in [5.74, 6) is -1.05. The lowest BCUT2D eigenvalue weighted by atomic mass is 10.1. The Kier molecular flexibility index (Phi) is 2.57. The van der Waals surface area contributed by atoms with Crippen LogP contribution in [0.3, 0.4) is 0 Å². The van der Waals surface area contributed by atoms with Crippen LogP contribution in [0.2, 0.25) is 0 Å². The lowest BCUT2D eigenvalue weighted by Gasteiger charge is -1.97. The molecule has 0 saturated carbocycles. The van der Waals surface area contributed by atoms with Crippen LogP contribution in [0.25, 0.3) is 22.8 Å². The van der Waals surface area contributed by atoms with Crippen LogP contribution in [0.5, 0.6) is 0 Å². The smallest absolute Gasteiger partial charge is 0.342 e. The Morgan fingerprint density at radius 2 is 1.95 bits per heavy atom. The summed E-state index contributed by atoms with van der Waals surface area (Å²) in [5, 5.41) is 19.9. The van der Waals surface area contributed by atoms with E-state index in [-0.39, 0.29) is 22.8 Å². The molecule has 0 saturated heterocycles. The van der Waals surface area contributed by atoms with Gasteiger partial charge in [0.15, 0.2) is 0 Å². The average molecular weight is 257 g/mol. The number of carboxylic acids is 1. The molecular formula is C12H7N3O4. The first-order valence-corrected chi connectivity index (χ1v) is 5.33. The average Bonchev–Trinajstić information content (AvgIpc) is 3.08. The molecule has 0 amide bonds. The van der Waals surface area contributed by atoms with Crippen molar-refractivity contribution in [3.05, 3.63) is 42.1 Å². The molecule has 0 radical (unpaired) electrons. The van der Waals surface area contributed by atoms with Gasteiger partial charge in [-0.2, -0.15) is 0 Å². The Morgan fingerprint density at radius 1 is 1.16 bits per heavy atom. The zero-order valence-corrected chi connectivity index (χ0v) is 9.48. The number of carbonyl (C=O) groups is 1. The number of nitrogens with zero attached hydrogens (tertiary/aromatic N) is 3. The van der Waals surface area contributed by atoms with Gasteiger partial charge in [-0.3, -0.25) is 0 Å². The second-order valence-electron chi connectivity index (χ2n) is 3.69. The highest BCUT2D eigenvalue weighted by molar-refractivity contribution is 5.99. The van der Waals surface area contributed by atoms with Gasteiger partial charge in [-0.15, -0.1) is 5.10 Å². The number of rotatable bonds is 3. The van der Waals surface area contributed by atoms with Crippen LogP contribution < -0.4 is 0 Å². The maximum absolute atomic E-state index is 11.4. The molecule has 0 aliphatic rings. The summed E-state index contributed by atoms with van der Waals surface area (Å²) in [4.78, 5) is 11.4. The van der Waals surface area contributed by atoms with Crippen molar-refractivity contribution in [2.24, 2.45) is 0 Å². The third-order valence-corrected chi connectivity index (χ3v) is 2.54. The fourth-order valence-corrected chi connectivity index (χ4v) is 1.72. The molecule has 0 spiro atoms. The molecule has 0 fully saturated rings. The molecule has 1 N–H and O–H groups in total.